The van der Waals surface area contributed by atoms with Crippen molar-refractivity contribution in [3.05, 3.63) is 29.8 Å². The molecular weight excluding hydrogens is 354 g/mol. The second-order valence-electron chi connectivity index (χ2n) is 7.25. The van der Waals surface area contributed by atoms with Gasteiger partial charge in [0.25, 0.3) is 0 Å². The highest BCUT2D eigenvalue weighted by Gasteiger charge is 2.52. The number of ketones is 1. The molecule has 27 heavy (non-hydrogen) atoms. The van der Waals surface area contributed by atoms with Gasteiger partial charge < -0.3 is 29.4 Å². The number of carbonyl (C=O) groups excluding carboxylic acids is 2. The first-order valence-corrected chi connectivity index (χ1v) is 8.86. The average Bonchev–Trinajstić information content (AvgIpc) is 2.59. The van der Waals surface area contributed by atoms with Gasteiger partial charge in [-0.05, 0) is 45.0 Å². The number of Topliss-reactive ketones (excluding diaryl/α,β-unsaturated/α-hetero) is 1. The Hall–Kier alpha value is -2.00. The average molecular weight is 379 g/mol. The highest BCUT2D eigenvalue weighted by Crippen LogP contribution is 2.33. The van der Waals surface area contributed by atoms with Crippen LogP contribution in [-0.2, 0) is 19.0 Å². The first-order valence-electron chi connectivity index (χ1n) is 8.86. The van der Waals surface area contributed by atoms with Crippen molar-refractivity contribution in [3.63, 3.8) is 0 Å². The first-order chi connectivity index (χ1) is 12.7. The fourth-order valence-electron chi connectivity index (χ4n) is 3.24. The minimum Gasteiger partial charge on any atom is -0.463 e. The molecule has 1 aromatic carbocycles. The summed E-state index contributed by atoms with van der Waals surface area (Å²) in [4.78, 5) is 23.0. The van der Waals surface area contributed by atoms with Gasteiger partial charge in [-0.25, -0.2) is 0 Å². The molecule has 0 radical (unpaired) electrons. The van der Waals surface area contributed by atoms with Gasteiger partial charge in [0.15, 0.2) is 11.6 Å². The van der Waals surface area contributed by atoms with E-state index >= 15 is 0 Å². The summed E-state index contributed by atoms with van der Waals surface area (Å²) < 4.78 is 23.2. The lowest BCUT2D eigenvalue weighted by Crippen LogP contribution is -2.69. The predicted molar refractivity (Wildman–Crippen MR) is 94.3 cm³/mol. The molecule has 0 spiro atoms. The fraction of sp³-hybridized carbons (Fsp3) is 0.579. The maximum Gasteiger partial charge on any atom is 0.223 e. The number of hydrogen-bond acceptors (Lipinski definition) is 7. The zero-order valence-corrected chi connectivity index (χ0v) is 15.8. The molecule has 2 heterocycles. The summed E-state index contributed by atoms with van der Waals surface area (Å²) in [7, 11) is 0. The van der Waals surface area contributed by atoms with Crippen LogP contribution in [-0.4, -0.2) is 59.8 Å². The third kappa shape index (κ3) is 4.47. The van der Waals surface area contributed by atoms with E-state index in [1.54, 1.807) is 38.1 Å². The van der Waals surface area contributed by atoms with Crippen molar-refractivity contribution >= 4 is 11.7 Å². The van der Waals surface area contributed by atoms with Crippen LogP contribution in [0.3, 0.4) is 0 Å². The van der Waals surface area contributed by atoms with Gasteiger partial charge in [0.1, 0.15) is 30.1 Å². The minimum atomic E-state index is -1.04. The zero-order valence-electron chi connectivity index (χ0n) is 15.8. The van der Waals surface area contributed by atoms with E-state index in [2.05, 4.69) is 5.32 Å². The number of benzene rings is 1. The fourth-order valence-corrected chi connectivity index (χ4v) is 3.24. The molecule has 0 aromatic heterocycles. The van der Waals surface area contributed by atoms with E-state index in [9.17, 15) is 14.7 Å². The predicted octanol–water partition coefficient (Wildman–Crippen LogP) is 1.01. The second kappa shape index (κ2) is 7.55. The van der Waals surface area contributed by atoms with Crippen molar-refractivity contribution in [2.75, 3.05) is 6.61 Å². The molecule has 3 rings (SSSR count). The van der Waals surface area contributed by atoms with Crippen LogP contribution >= 0.6 is 0 Å². The third-order valence-corrected chi connectivity index (χ3v) is 4.57. The number of ether oxygens (including phenoxy) is 4. The Balaban J connectivity index is 1.79. The van der Waals surface area contributed by atoms with Crippen LogP contribution in [0.2, 0.25) is 0 Å². The summed E-state index contributed by atoms with van der Waals surface area (Å²) >= 11 is 0. The van der Waals surface area contributed by atoms with Crippen molar-refractivity contribution in [1.29, 1.82) is 0 Å². The molecule has 0 saturated carbocycles. The summed E-state index contributed by atoms with van der Waals surface area (Å²) in [6.45, 7) is 6.57. The molecule has 2 fully saturated rings. The number of carbonyl (C=O) groups is 2. The van der Waals surface area contributed by atoms with Crippen LogP contribution in [0.5, 0.6) is 5.75 Å². The van der Waals surface area contributed by atoms with E-state index in [0.717, 1.165) is 0 Å². The largest absolute Gasteiger partial charge is 0.463 e. The van der Waals surface area contributed by atoms with E-state index in [1.165, 1.54) is 13.8 Å². The van der Waals surface area contributed by atoms with E-state index < -0.39 is 36.4 Å². The molecule has 1 amide bonds. The van der Waals surface area contributed by atoms with Crippen molar-refractivity contribution < 1.29 is 33.6 Å². The quantitative estimate of drug-likeness (QED) is 0.753. The van der Waals surface area contributed by atoms with Gasteiger partial charge in [-0.1, -0.05) is 0 Å². The van der Waals surface area contributed by atoms with Crippen molar-refractivity contribution in [2.45, 2.75) is 64.1 Å². The summed E-state index contributed by atoms with van der Waals surface area (Å²) in [5, 5.41) is 13.5. The lowest BCUT2D eigenvalue weighted by molar-refractivity contribution is -0.361. The molecule has 2 aliphatic rings. The molecule has 5 atom stereocenters. The second-order valence-corrected chi connectivity index (χ2v) is 7.25. The van der Waals surface area contributed by atoms with Crippen LogP contribution in [0.4, 0.5) is 0 Å². The molecule has 2 saturated heterocycles. The van der Waals surface area contributed by atoms with Crippen LogP contribution in [0.25, 0.3) is 0 Å². The Morgan fingerprint density at radius 2 is 1.89 bits per heavy atom. The summed E-state index contributed by atoms with van der Waals surface area (Å²) in [6, 6.07) is 5.73. The number of amides is 1. The van der Waals surface area contributed by atoms with E-state index in [1.807, 2.05) is 0 Å². The van der Waals surface area contributed by atoms with Gasteiger partial charge in [-0.3, -0.25) is 9.59 Å². The Bertz CT molecular complexity index is 703. The monoisotopic (exact) mass is 379 g/mol. The third-order valence-electron chi connectivity index (χ3n) is 4.57. The summed E-state index contributed by atoms with van der Waals surface area (Å²) in [6.07, 6.45) is -3.19. The van der Waals surface area contributed by atoms with Crippen LogP contribution in [0.15, 0.2) is 24.3 Å². The summed E-state index contributed by atoms with van der Waals surface area (Å²) in [5.74, 6) is -0.788. The van der Waals surface area contributed by atoms with Crippen molar-refractivity contribution in [3.8, 4) is 5.75 Å². The van der Waals surface area contributed by atoms with Gasteiger partial charge >= 0.3 is 0 Å². The van der Waals surface area contributed by atoms with Crippen LogP contribution in [0, 0.1) is 0 Å². The van der Waals surface area contributed by atoms with Gasteiger partial charge in [0.2, 0.25) is 12.2 Å². The molecule has 2 aliphatic heterocycles. The van der Waals surface area contributed by atoms with E-state index in [4.69, 9.17) is 18.9 Å². The maximum absolute atomic E-state index is 11.6. The zero-order chi connectivity index (χ0) is 19.8. The lowest BCUT2D eigenvalue weighted by Gasteiger charge is -2.49. The first kappa shape index (κ1) is 19.8. The van der Waals surface area contributed by atoms with Gasteiger partial charge in [0, 0.05) is 12.5 Å². The van der Waals surface area contributed by atoms with Crippen LogP contribution < -0.4 is 10.1 Å². The number of rotatable bonds is 4. The Kier molecular flexibility index (Phi) is 5.53. The lowest BCUT2D eigenvalue weighted by atomic mass is 9.95. The number of fused-ring (bicyclic) bond motifs is 1. The van der Waals surface area contributed by atoms with Crippen molar-refractivity contribution in [1.82, 2.24) is 5.32 Å². The molecule has 1 aromatic rings. The van der Waals surface area contributed by atoms with Gasteiger partial charge in [-0.15, -0.1) is 0 Å². The highest BCUT2D eigenvalue weighted by molar-refractivity contribution is 5.94. The van der Waals surface area contributed by atoms with Crippen LogP contribution in [0.1, 0.15) is 38.1 Å². The topological polar surface area (TPSA) is 103 Å². The maximum atomic E-state index is 11.6. The Morgan fingerprint density at radius 3 is 2.48 bits per heavy atom. The Morgan fingerprint density at radius 1 is 1.22 bits per heavy atom. The van der Waals surface area contributed by atoms with Gasteiger partial charge in [0.05, 0.1) is 6.61 Å². The molecule has 0 aliphatic carbocycles. The molecule has 8 heteroatoms. The highest BCUT2D eigenvalue weighted by atomic mass is 16.8. The molecule has 0 unspecified atom stereocenters. The molecule has 0 bridgehead atoms. The SMILES string of the molecule is CC(=O)N[C@@H]1[C@H](Oc2ccc(C(C)=O)cc2)O[C@@H]2COC(C)(C)O[C@@H]2[C@@H]1O. The standard InChI is InChI=1S/C19H25NO7/c1-10(21)12-5-7-13(8-6-12)25-18-15(20-11(2)22)16(23)17-14(26-18)9-24-19(3,4)27-17/h5-8,14-18,23H,9H2,1-4H3,(H,20,22)/t14-,15+,16-,17+,18-/m1/s1. The molecule has 8 nitrogen and oxygen atoms in total. The number of aliphatic hydroxyl groups is 1. The normalized spacial score (nSPS) is 32.3. The minimum absolute atomic E-state index is 0.0519. The van der Waals surface area contributed by atoms with Gasteiger partial charge in [-0.2, -0.15) is 0 Å². The molecule has 2 N–H and O–H groups in total. The number of aliphatic hydroxyl groups excluding tert-OH is 1. The Labute approximate surface area is 157 Å². The molecule has 148 valence electrons. The van der Waals surface area contributed by atoms with Crippen molar-refractivity contribution in [2.24, 2.45) is 0 Å². The molecular formula is C19H25NO7. The summed E-state index contributed by atoms with van der Waals surface area (Å²) in [5.41, 5.74) is 0.557. The van der Waals surface area contributed by atoms with E-state index in [-0.39, 0.29) is 18.3 Å². The number of nitrogens with one attached hydrogen (secondary N) is 1. The smallest absolute Gasteiger partial charge is 0.223 e. The van der Waals surface area contributed by atoms with E-state index in [0.29, 0.717) is 11.3 Å². The number of hydrogen-bond donors (Lipinski definition) is 2.